The number of nitrogens with zero attached hydrogens (tertiary/aromatic N) is 2. The van der Waals surface area contributed by atoms with Gasteiger partial charge in [-0.3, -0.25) is 19.3 Å². The fourth-order valence-corrected chi connectivity index (χ4v) is 5.10. The lowest BCUT2D eigenvalue weighted by atomic mass is 10.0. The van der Waals surface area contributed by atoms with Crippen molar-refractivity contribution in [3.05, 3.63) is 62.6 Å². The summed E-state index contributed by atoms with van der Waals surface area (Å²) in [6, 6.07) is 11.5. The summed E-state index contributed by atoms with van der Waals surface area (Å²) in [7, 11) is 6.28. The molecule has 1 aliphatic rings. The van der Waals surface area contributed by atoms with Crippen molar-refractivity contribution in [3.8, 4) is 23.1 Å². The van der Waals surface area contributed by atoms with Gasteiger partial charge in [0.1, 0.15) is 5.56 Å². The number of hydrogen-bond acceptors (Lipinski definition) is 8. The van der Waals surface area contributed by atoms with Crippen molar-refractivity contribution >= 4 is 35.4 Å². The highest BCUT2D eigenvalue weighted by molar-refractivity contribution is 7.99. The molecule has 4 rings (SSSR count). The van der Waals surface area contributed by atoms with Crippen LogP contribution in [-0.4, -0.2) is 41.7 Å². The van der Waals surface area contributed by atoms with E-state index in [-0.39, 0.29) is 21.5 Å². The zero-order chi connectivity index (χ0) is 23.7. The van der Waals surface area contributed by atoms with Crippen LogP contribution in [0.3, 0.4) is 0 Å². The Morgan fingerprint density at radius 2 is 1.82 bits per heavy atom. The minimum atomic E-state index is -0.484. The van der Waals surface area contributed by atoms with E-state index in [2.05, 4.69) is 4.98 Å². The normalized spacial score (nSPS) is 15.3. The third-order valence-electron chi connectivity index (χ3n) is 5.41. The van der Waals surface area contributed by atoms with Crippen molar-refractivity contribution < 1.29 is 19.3 Å². The van der Waals surface area contributed by atoms with Crippen molar-refractivity contribution in [2.24, 2.45) is 12.0 Å². The second kappa shape index (κ2) is 9.32. The van der Waals surface area contributed by atoms with Gasteiger partial charge in [0.25, 0.3) is 5.56 Å². The van der Waals surface area contributed by atoms with Gasteiger partial charge >= 0.3 is 0 Å². The van der Waals surface area contributed by atoms with Crippen molar-refractivity contribution in [2.45, 2.75) is 16.6 Å². The summed E-state index contributed by atoms with van der Waals surface area (Å²) in [5.41, 5.74) is 1.69. The molecule has 0 spiro atoms. The van der Waals surface area contributed by atoms with Crippen LogP contribution in [-0.2, 0) is 7.05 Å². The van der Waals surface area contributed by atoms with Crippen molar-refractivity contribution in [1.82, 2.24) is 9.55 Å². The van der Waals surface area contributed by atoms with Gasteiger partial charge in [-0.1, -0.05) is 12.1 Å². The van der Waals surface area contributed by atoms with Gasteiger partial charge in [0.05, 0.1) is 32.7 Å². The van der Waals surface area contributed by atoms with Crippen LogP contribution in [0.1, 0.15) is 22.8 Å². The summed E-state index contributed by atoms with van der Waals surface area (Å²) < 4.78 is 18.0. The first-order chi connectivity index (χ1) is 15.9. The lowest BCUT2D eigenvalue weighted by Gasteiger charge is -2.20. The van der Waals surface area contributed by atoms with Gasteiger partial charge in [0.15, 0.2) is 16.3 Å². The molecular weight excluding hydrogens is 462 g/mol. The van der Waals surface area contributed by atoms with E-state index >= 15 is 0 Å². The third kappa shape index (κ3) is 4.23. The minimum absolute atomic E-state index is 0.0980. The summed E-state index contributed by atoms with van der Waals surface area (Å²) in [5.74, 6) is 1.34. The van der Waals surface area contributed by atoms with Crippen LogP contribution < -0.4 is 19.8 Å². The zero-order valence-electron chi connectivity index (χ0n) is 18.5. The standard InChI is InChI=1S/C23H23N3O5S2/c1-26-22(28)19(21(27)25-23(26)32)14-11-18(33-17-8-6-5-7-13(17)24-14)12-9-15(29-2)20(31-4)16(10-12)30-3/h5-10,18,28H,11H2,1-4H3,(H,25,27,32). The number of thioether (sulfide) groups is 1. The summed E-state index contributed by atoms with van der Waals surface area (Å²) in [4.78, 5) is 21.2. The number of hydrogen-bond donors (Lipinski definition) is 2. The quantitative estimate of drug-likeness (QED) is 0.512. The van der Waals surface area contributed by atoms with Gasteiger partial charge in [-0.05, 0) is 42.0 Å². The van der Waals surface area contributed by atoms with E-state index in [1.165, 1.54) is 4.57 Å². The van der Waals surface area contributed by atoms with Crippen LogP contribution >= 0.6 is 24.0 Å². The molecule has 0 saturated heterocycles. The maximum Gasteiger partial charge on any atom is 0.264 e. The summed E-state index contributed by atoms with van der Waals surface area (Å²) in [6.07, 6.45) is 0.366. The largest absolute Gasteiger partial charge is 0.494 e. The van der Waals surface area contributed by atoms with E-state index in [0.717, 1.165) is 16.1 Å². The van der Waals surface area contributed by atoms with Gasteiger partial charge < -0.3 is 19.3 Å². The van der Waals surface area contributed by atoms with E-state index in [1.807, 2.05) is 36.4 Å². The van der Waals surface area contributed by atoms with Crippen molar-refractivity contribution in [2.75, 3.05) is 21.3 Å². The molecule has 1 unspecified atom stereocenters. The summed E-state index contributed by atoms with van der Waals surface area (Å²) >= 11 is 6.73. The number of benzene rings is 2. The number of aromatic hydroxyl groups is 1. The predicted octanol–water partition coefficient (Wildman–Crippen LogP) is 4.53. The van der Waals surface area contributed by atoms with Crippen molar-refractivity contribution in [3.63, 3.8) is 0 Å². The molecule has 0 saturated carbocycles. The minimum Gasteiger partial charge on any atom is -0.494 e. The maximum absolute atomic E-state index is 12.8. The highest BCUT2D eigenvalue weighted by atomic mass is 32.2. The first kappa shape index (κ1) is 22.9. The Hall–Kier alpha value is -3.24. The van der Waals surface area contributed by atoms with Crippen LogP contribution in [0.15, 0.2) is 51.1 Å². The molecule has 1 atom stereocenters. The van der Waals surface area contributed by atoms with Crippen molar-refractivity contribution in [1.29, 1.82) is 0 Å². The predicted molar refractivity (Wildman–Crippen MR) is 130 cm³/mol. The second-order valence-corrected chi connectivity index (χ2v) is 8.94. The molecule has 0 fully saturated rings. The molecule has 8 nitrogen and oxygen atoms in total. The number of aromatic nitrogens is 2. The molecule has 0 bridgehead atoms. The fraction of sp³-hybridized carbons (Fsp3) is 0.261. The lowest BCUT2D eigenvalue weighted by Crippen LogP contribution is -2.23. The van der Waals surface area contributed by atoms with E-state index in [1.54, 1.807) is 40.1 Å². The number of para-hydroxylation sites is 1. The number of nitrogens with one attached hydrogen (secondary N) is 1. The molecule has 3 aromatic rings. The molecule has 2 heterocycles. The van der Waals surface area contributed by atoms with Crippen LogP contribution in [0.2, 0.25) is 0 Å². The van der Waals surface area contributed by atoms with E-state index in [4.69, 9.17) is 31.4 Å². The fourth-order valence-electron chi connectivity index (χ4n) is 3.71. The number of methoxy groups -OCH3 is 3. The molecule has 2 aromatic carbocycles. The van der Waals surface area contributed by atoms with Crippen LogP contribution in [0.25, 0.3) is 0 Å². The molecule has 0 aliphatic carbocycles. The SMILES string of the molecule is COc1cc(C2CC(c3c(O)n(C)c(=S)[nH]c3=O)=Nc3ccccc3S2)cc(OC)c1OC. The molecule has 172 valence electrons. The van der Waals surface area contributed by atoms with E-state index in [9.17, 15) is 9.90 Å². The zero-order valence-corrected chi connectivity index (χ0v) is 20.2. The number of aromatic amines is 1. The summed E-state index contributed by atoms with van der Waals surface area (Å²) in [6.45, 7) is 0. The van der Waals surface area contributed by atoms with Gasteiger partial charge in [-0.25, -0.2) is 0 Å². The molecule has 1 aliphatic heterocycles. The first-order valence-corrected chi connectivity index (χ1v) is 11.3. The van der Waals surface area contributed by atoms with Crippen LogP contribution in [0.5, 0.6) is 23.1 Å². The number of H-pyrrole nitrogens is 1. The van der Waals surface area contributed by atoms with E-state index in [0.29, 0.717) is 29.4 Å². The number of rotatable bonds is 5. The smallest absolute Gasteiger partial charge is 0.264 e. The Morgan fingerprint density at radius 1 is 1.15 bits per heavy atom. The molecule has 0 radical (unpaired) electrons. The topological polar surface area (TPSA) is 98.1 Å². The average Bonchev–Trinajstić information content (AvgIpc) is 3.01. The molecule has 0 amide bonds. The van der Waals surface area contributed by atoms with Crippen LogP contribution in [0.4, 0.5) is 5.69 Å². The highest BCUT2D eigenvalue weighted by Gasteiger charge is 2.28. The number of ether oxygens (including phenoxy) is 3. The Balaban J connectivity index is 1.91. The monoisotopic (exact) mass is 485 g/mol. The molecule has 10 heteroatoms. The summed E-state index contributed by atoms with van der Waals surface area (Å²) in [5, 5.41) is 10.6. The molecule has 1 aromatic heterocycles. The van der Waals surface area contributed by atoms with Gasteiger partial charge in [-0.2, -0.15) is 0 Å². The maximum atomic E-state index is 12.8. The average molecular weight is 486 g/mol. The van der Waals surface area contributed by atoms with Gasteiger partial charge in [0, 0.05) is 23.6 Å². The molecular formula is C23H23N3O5S2. The lowest BCUT2D eigenvalue weighted by molar-refractivity contribution is 0.324. The highest BCUT2D eigenvalue weighted by Crippen LogP contribution is 2.49. The number of aliphatic imine (C=N–C) groups is 1. The Morgan fingerprint density at radius 3 is 2.45 bits per heavy atom. The van der Waals surface area contributed by atoms with Gasteiger partial charge in [0.2, 0.25) is 11.6 Å². The number of fused-ring (bicyclic) bond motifs is 1. The van der Waals surface area contributed by atoms with Crippen LogP contribution in [0, 0.1) is 4.77 Å². The molecule has 33 heavy (non-hydrogen) atoms. The third-order valence-corrected chi connectivity index (χ3v) is 7.11. The first-order valence-electron chi connectivity index (χ1n) is 10.0. The molecule has 2 N–H and O–H groups in total. The van der Waals surface area contributed by atoms with Gasteiger partial charge in [-0.15, -0.1) is 11.8 Å². The second-order valence-electron chi connectivity index (χ2n) is 7.31. The Kier molecular flexibility index (Phi) is 6.48. The van der Waals surface area contributed by atoms with E-state index < -0.39 is 5.56 Å². The Bertz CT molecular complexity index is 1340. The Labute approximate surface area is 199 Å².